The fourth-order valence-electron chi connectivity index (χ4n) is 8.30. The number of amides is 4. The molecular weight excluding hydrogens is 725 g/mol. The number of methoxy groups -OCH3 is 2. The van der Waals surface area contributed by atoms with Gasteiger partial charge in [0.05, 0.1) is 56.5 Å². The zero-order valence-electron chi connectivity index (χ0n) is 34.2. The van der Waals surface area contributed by atoms with Crippen LogP contribution in [0, 0.1) is 11.8 Å². The summed E-state index contributed by atoms with van der Waals surface area (Å²) < 4.78 is 9.58. The molecule has 4 amide bonds. The van der Waals surface area contributed by atoms with E-state index < -0.39 is 24.3 Å². The number of likely N-dealkylation sites (tertiary alicyclic amines) is 2. The number of aromatic amines is 1. The number of carbonyl (C=O) groups excluding carboxylic acids is 4. The normalized spacial score (nSPS) is 23.0. The van der Waals surface area contributed by atoms with Crippen molar-refractivity contribution in [2.24, 2.45) is 21.8 Å². The number of alkyl carbamates (subject to hydrolysis) is 2. The molecule has 6 rings (SSSR count). The van der Waals surface area contributed by atoms with Crippen molar-refractivity contribution in [3.05, 3.63) is 66.1 Å². The van der Waals surface area contributed by atoms with E-state index in [-0.39, 0.29) is 53.9 Å². The molecule has 1 aromatic heterocycles. The minimum absolute atomic E-state index is 0.000636. The highest BCUT2D eigenvalue weighted by Crippen LogP contribution is 2.37. The quantitative estimate of drug-likeness (QED) is 0.209. The number of aliphatic imine (C=N–C) groups is 2. The molecule has 2 aromatic carbocycles. The number of hydrogen-bond donors (Lipinski definition) is 3. The summed E-state index contributed by atoms with van der Waals surface area (Å²) in [6.07, 6.45) is 5.64. The minimum Gasteiger partial charge on any atom is -0.453 e. The molecule has 2 saturated heterocycles. The highest BCUT2D eigenvalue weighted by molar-refractivity contribution is 6.38. The van der Waals surface area contributed by atoms with E-state index in [2.05, 4.69) is 57.0 Å². The highest BCUT2D eigenvalue weighted by Gasteiger charge is 2.43. The number of nitrogens with one attached hydrogen (secondary N) is 3. The number of aromatic nitrogens is 2. The Morgan fingerprint density at radius 1 is 0.719 bits per heavy atom. The number of H-pyrrole nitrogens is 1. The van der Waals surface area contributed by atoms with Gasteiger partial charge in [-0.05, 0) is 68.1 Å². The summed E-state index contributed by atoms with van der Waals surface area (Å²) in [6, 6.07) is 14.6. The number of carbonyl (C=O) groups is 4. The second-order valence-corrected chi connectivity index (χ2v) is 16.1. The van der Waals surface area contributed by atoms with Crippen LogP contribution in [-0.2, 0) is 19.1 Å². The van der Waals surface area contributed by atoms with Gasteiger partial charge in [0.1, 0.15) is 17.9 Å². The summed E-state index contributed by atoms with van der Waals surface area (Å²) in [7, 11) is 2.59. The van der Waals surface area contributed by atoms with Gasteiger partial charge in [-0.25, -0.2) is 14.6 Å². The minimum atomic E-state index is -0.705. The monoisotopic (exact) mass is 780 g/mol. The van der Waals surface area contributed by atoms with Crippen LogP contribution in [0.2, 0.25) is 0 Å². The third-order valence-corrected chi connectivity index (χ3v) is 11.5. The largest absolute Gasteiger partial charge is 0.453 e. The predicted molar refractivity (Wildman–Crippen MR) is 219 cm³/mol. The van der Waals surface area contributed by atoms with Crippen LogP contribution in [0.5, 0.6) is 0 Å². The van der Waals surface area contributed by atoms with Gasteiger partial charge in [-0.2, -0.15) is 0 Å². The van der Waals surface area contributed by atoms with Gasteiger partial charge in [-0.3, -0.25) is 19.6 Å². The van der Waals surface area contributed by atoms with Crippen LogP contribution in [0.25, 0.3) is 22.4 Å². The second-order valence-electron chi connectivity index (χ2n) is 16.1. The van der Waals surface area contributed by atoms with Crippen LogP contribution in [0.4, 0.5) is 9.59 Å². The molecule has 3 aliphatic rings. The molecule has 0 bridgehead atoms. The van der Waals surface area contributed by atoms with Crippen LogP contribution in [-0.4, -0.2) is 113 Å². The maximum Gasteiger partial charge on any atom is 0.407 e. The molecule has 2 fully saturated rings. The van der Waals surface area contributed by atoms with Crippen LogP contribution in [0.3, 0.4) is 0 Å². The number of hydrogen-bond acceptors (Lipinski definition) is 9. The second kappa shape index (κ2) is 17.7. The first kappa shape index (κ1) is 41.1. The molecule has 0 saturated carbocycles. The molecule has 7 unspecified atom stereocenters. The molecule has 0 radical (unpaired) electrons. The molecule has 0 aliphatic carbocycles. The Labute approximate surface area is 334 Å². The summed E-state index contributed by atoms with van der Waals surface area (Å²) >= 11 is 0. The molecule has 3 N–H and O–H groups in total. The topological polar surface area (TPSA) is 171 Å². The lowest BCUT2D eigenvalue weighted by atomic mass is 9.98. The fourth-order valence-corrected chi connectivity index (χ4v) is 8.30. The lowest BCUT2D eigenvalue weighted by molar-refractivity contribution is -0.138. The van der Waals surface area contributed by atoms with E-state index in [4.69, 9.17) is 19.5 Å². The average molecular weight is 781 g/mol. The Balaban J connectivity index is 1.13. The summed E-state index contributed by atoms with van der Waals surface area (Å²) in [6.45, 7) is 12.2. The van der Waals surface area contributed by atoms with Crippen molar-refractivity contribution >= 4 is 35.9 Å². The number of ether oxygens (including phenoxy) is 2. The van der Waals surface area contributed by atoms with Gasteiger partial charge < -0.3 is 34.9 Å². The molecule has 3 aromatic rings. The Kier molecular flexibility index (Phi) is 12.8. The first-order valence-electron chi connectivity index (χ1n) is 20.0. The zero-order valence-corrected chi connectivity index (χ0v) is 34.2. The predicted octanol–water partition coefficient (Wildman–Crippen LogP) is 6.18. The zero-order chi connectivity index (χ0) is 41.0. The molecule has 7 atom stereocenters. The van der Waals surface area contributed by atoms with Crippen LogP contribution in [0.1, 0.15) is 84.7 Å². The molecule has 14 nitrogen and oxygen atoms in total. The maximum absolute atomic E-state index is 13.8. The van der Waals surface area contributed by atoms with Gasteiger partial charge in [0.2, 0.25) is 11.8 Å². The van der Waals surface area contributed by atoms with Crippen molar-refractivity contribution < 1.29 is 28.7 Å². The van der Waals surface area contributed by atoms with Crippen molar-refractivity contribution in [3.63, 3.8) is 0 Å². The van der Waals surface area contributed by atoms with E-state index in [1.807, 2.05) is 69.7 Å². The SMILES string of the molecule is COC(=O)NC(C(=O)N1C(C)CCC1c1ncc(-c2ccc(-c3ccc(C4=NC(C5CCC(C)N5C(=O)C(NC(=O)OC)C(C)C)CN=C4)cc3)cc2)[nH]1)C(C)C. The Morgan fingerprint density at radius 3 is 1.79 bits per heavy atom. The molecule has 14 heteroatoms. The van der Waals surface area contributed by atoms with Crippen molar-refractivity contribution in [1.82, 2.24) is 30.4 Å². The van der Waals surface area contributed by atoms with Crippen LogP contribution < -0.4 is 10.6 Å². The molecular formula is C43H56N8O6. The van der Waals surface area contributed by atoms with E-state index in [9.17, 15) is 19.2 Å². The molecule has 0 spiro atoms. The van der Waals surface area contributed by atoms with Gasteiger partial charge >= 0.3 is 12.2 Å². The lowest BCUT2D eigenvalue weighted by Crippen LogP contribution is -2.56. The third kappa shape index (κ3) is 8.89. The summed E-state index contributed by atoms with van der Waals surface area (Å²) in [4.78, 5) is 73.4. The summed E-state index contributed by atoms with van der Waals surface area (Å²) in [5.74, 6) is 0.229. The number of benzene rings is 2. The highest BCUT2D eigenvalue weighted by atomic mass is 16.5. The molecule has 3 aliphatic heterocycles. The van der Waals surface area contributed by atoms with E-state index >= 15 is 0 Å². The molecule has 57 heavy (non-hydrogen) atoms. The van der Waals surface area contributed by atoms with E-state index in [0.717, 1.165) is 65.2 Å². The van der Waals surface area contributed by atoms with Crippen LogP contribution >= 0.6 is 0 Å². The van der Waals surface area contributed by atoms with E-state index in [0.29, 0.717) is 6.54 Å². The van der Waals surface area contributed by atoms with Gasteiger partial charge in [0.25, 0.3) is 0 Å². The van der Waals surface area contributed by atoms with Gasteiger partial charge in [0, 0.05) is 23.9 Å². The first-order chi connectivity index (χ1) is 27.3. The van der Waals surface area contributed by atoms with Crippen molar-refractivity contribution in [2.75, 3.05) is 20.8 Å². The van der Waals surface area contributed by atoms with Crippen molar-refractivity contribution in [2.45, 2.75) is 110 Å². The average Bonchev–Trinajstić information content (AvgIpc) is 3.96. The fraction of sp³-hybridized carbons (Fsp3) is 0.512. The van der Waals surface area contributed by atoms with Crippen molar-refractivity contribution in [3.8, 4) is 22.4 Å². The van der Waals surface area contributed by atoms with Gasteiger partial charge in [0.15, 0.2) is 0 Å². The Morgan fingerprint density at radius 2 is 1.23 bits per heavy atom. The molecule has 304 valence electrons. The lowest BCUT2D eigenvalue weighted by Gasteiger charge is -2.36. The Hall–Kier alpha value is -5.53. The standard InChI is InChI=1S/C43H56N8O6/c1-24(2)37(48-42(54)56-7)40(52)50-26(5)9-19-35(50)34-22-44-21-32(46-34)30-15-11-28(12-16-30)29-13-17-31(18-14-29)33-23-45-39(47-33)36-20-10-27(6)51(36)41(53)38(25(3)4)49-43(55)57-8/h11-18,21,23-27,34-38H,9-10,19-20,22H2,1-8H3,(H,45,47)(H,48,54)(H,49,55). The van der Waals surface area contributed by atoms with E-state index in [1.54, 1.807) is 6.20 Å². The number of imidazole rings is 1. The number of rotatable bonds is 11. The van der Waals surface area contributed by atoms with Gasteiger partial charge in [-0.15, -0.1) is 0 Å². The smallest absolute Gasteiger partial charge is 0.407 e. The van der Waals surface area contributed by atoms with Crippen molar-refractivity contribution in [1.29, 1.82) is 0 Å². The maximum atomic E-state index is 13.8. The number of nitrogens with zero attached hydrogens (tertiary/aromatic N) is 5. The van der Waals surface area contributed by atoms with Crippen LogP contribution in [0.15, 0.2) is 64.7 Å². The Bertz CT molecular complexity index is 1970. The summed E-state index contributed by atoms with van der Waals surface area (Å²) in [5.41, 5.74) is 5.65. The van der Waals surface area contributed by atoms with E-state index in [1.165, 1.54) is 14.2 Å². The third-order valence-electron chi connectivity index (χ3n) is 11.5. The summed E-state index contributed by atoms with van der Waals surface area (Å²) in [5, 5.41) is 5.45. The van der Waals surface area contributed by atoms with Gasteiger partial charge in [-0.1, -0.05) is 76.2 Å². The molecule has 4 heterocycles. The first-order valence-corrected chi connectivity index (χ1v) is 20.0.